The van der Waals surface area contributed by atoms with Gasteiger partial charge in [-0.1, -0.05) is 115 Å². The van der Waals surface area contributed by atoms with Crippen LogP contribution >= 0.6 is 0 Å². The van der Waals surface area contributed by atoms with Crippen LogP contribution in [0.25, 0.3) is 89.8 Å². The number of aromatic nitrogens is 4. The predicted octanol–water partition coefficient (Wildman–Crippen LogP) is 10.2. The number of hydrogen-bond acceptors (Lipinski definition) is 6. The SMILES string of the molecule is c1ccc(-c2ccc(-c3nc4cc5oc6cccc(-c7nc(-c8ccccc8)nc(-c8ccccc8)n7)c6c5cc4o3)cc2)cc1. The minimum absolute atomic E-state index is 0.560. The van der Waals surface area contributed by atoms with Crippen LogP contribution in [-0.2, 0) is 0 Å². The average Bonchev–Trinajstić information content (AvgIpc) is 3.72. The topological polar surface area (TPSA) is 77.8 Å². The fourth-order valence-electron chi connectivity index (χ4n) is 5.92. The summed E-state index contributed by atoms with van der Waals surface area (Å²) in [5.74, 6) is 2.34. The second-order valence-electron chi connectivity index (χ2n) is 11.1. The van der Waals surface area contributed by atoms with Gasteiger partial charge in [-0.25, -0.2) is 19.9 Å². The van der Waals surface area contributed by atoms with Gasteiger partial charge in [0.1, 0.15) is 16.7 Å². The molecule has 0 saturated heterocycles. The van der Waals surface area contributed by atoms with Gasteiger partial charge < -0.3 is 8.83 Å². The maximum atomic E-state index is 6.38. The molecule has 6 heteroatoms. The lowest BCUT2D eigenvalue weighted by atomic mass is 10.0. The number of nitrogens with zero attached hydrogens (tertiary/aromatic N) is 4. The Bertz CT molecular complexity index is 2450. The highest BCUT2D eigenvalue weighted by Crippen LogP contribution is 2.39. The normalized spacial score (nSPS) is 11.5. The van der Waals surface area contributed by atoms with Crippen molar-refractivity contribution in [3.05, 3.63) is 146 Å². The molecule has 0 fully saturated rings. The first kappa shape index (κ1) is 26.0. The summed E-state index contributed by atoms with van der Waals surface area (Å²) in [5.41, 5.74) is 8.76. The highest BCUT2D eigenvalue weighted by molar-refractivity contribution is 6.14. The minimum Gasteiger partial charge on any atom is -0.456 e. The highest BCUT2D eigenvalue weighted by atomic mass is 16.4. The van der Waals surface area contributed by atoms with E-state index in [-0.39, 0.29) is 0 Å². The Kier molecular flexibility index (Phi) is 6.03. The molecule has 0 spiro atoms. The van der Waals surface area contributed by atoms with E-state index in [1.807, 2.05) is 121 Å². The molecule has 0 aliphatic carbocycles. The van der Waals surface area contributed by atoms with Crippen molar-refractivity contribution in [2.75, 3.05) is 0 Å². The van der Waals surface area contributed by atoms with E-state index < -0.39 is 0 Å². The Labute approximate surface area is 263 Å². The van der Waals surface area contributed by atoms with Gasteiger partial charge in [0.15, 0.2) is 23.1 Å². The number of fused-ring (bicyclic) bond motifs is 4. The van der Waals surface area contributed by atoms with E-state index in [1.54, 1.807) is 0 Å². The molecule has 0 radical (unpaired) electrons. The van der Waals surface area contributed by atoms with E-state index in [1.165, 1.54) is 5.56 Å². The lowest BCUT2D eigenvalue weighted by Gasteiger charge is -2.09. The summed E-state index contributed by atoms with van der Waals surface area (Å²) >= 11 is 0. The summed E-state index contributed by atoms with van der Waals surface area (Å²) in [7, 11) is 0. The smallest absolute Gasteiger partial charge is 0.227 e. The number of benzene rings is 6. The third-order valence-corrected chi connectivity index (χ3v) is 8.18. The lowest BCUT2D eigenvalue weighted by Crippen LogP contribution is -2.00. The Morgan fingerprint density at radius 3 is 1.59 bits per heavy atom. The molecule has 3 aromatic heterocycles. The second-order valence-corrected chi connectivity index (χ2v) is 11.1. The van der Waals surface area contributed by atoms with E-state index >= 15 is 0 Å². The van der Waals surface area contributed by atoms with Crippen molar-refractivity contribution in [3.63, 3.8) is 0 Å². The van der Waals surface area contributed by atoms with Gasteiger partial charge in [-0.3, -0.25) is 0 Å². The molecule has 46 heavy (non-hydrogen) atoms. The Balaban J connectivity index is 1.18. The summed E-state index contributed by atoms with van der Waals surface area (Å²) in [6.45, 7) is 0. The van der Waals surface area contributed by atoms with Crippen LogP contribution in [0.5, 0.6) is 0 Å². The van der Waals surface area contributed by atoms with Crippen molar-refractivity contribution >= 4 is 33.0 Å². The van der Waals surface area contributed by atoms with E-state index in [2.05, 4.69) is 24.3 Å². The Hall–Kier alpha value is -6.40. The number of hydrogen-bond donors (Lipinski definition) is 0. The zero-order valence-electron chi connectivity index (χ0n) is 24.5. The van der Waals surface area contributed by atoms with Gasteiger partial charge in [-0.15, -0.1) is 0 Å². The van der Waals surface area contributed by atoms with Crippen LogP contribution in [0.3, 0.4) is 0 Å². The van der Waals surface area contributed by atoms with Crippen LogP contribution in [0, 0.1) is 0 Å². The van der Waals surface area contributed by atoms with Crippen molar-refractivity contribution in [2.45, 2.75) is 0 Å². The third-order valence-electron chi connectivity index (χ3n) is 8.18. The first-order chi connectivity index (χ1) is 22.8. The molecule has 6 aromatic carbocycles. The van der Waals surface area contributed by atoms with Gasteiger partial charge in [0.25, 0.3) is 0 Å². The third kappa shape index (κ3) is 4.52. The fraction of sp³-hybridized carbons (Fsp3) is 0. The molecule has 0 bridgehead atoms. The van der Waals surface area contributed by atoms with E-state index in [9.17, 15) is 0 Å². The molecular formula is C40H24N4O2. The van der Waals surface area contributed by atoms with Crippen molar-refractivity contribution < 1.29 is 8.83 Å². The van der Waals surface area contributed by atoms with Crippen LogP contribution in [0.1, 0.15) is 0 Å². The standard InChI is InChI=1S/C40H24N4O2/c1-4-11-25(12-5-1)26-19-21-29(22-20-26)40-41-32-24-34-31(23-35(32)46-40)36-30(17-10-18-33(36)45-34)39-43-37(27-13-6-2-7-14-27)42-38(44-39)28-15-8-3-9-16-28/h1-24H. The quantitative estimate of drug-likeness (QED) is 0.198. The van der Waals surface area contributed by atoms with Crippen LogP contribution in [-0.4, -0.2) is 19.9 Å². The Morgan fingerprint density at radius 2 is 0.935 bits per heavy atom. The second kappa shape index (κ2) is 10.6. The number of oxazole rings is 1. The van der Waals surface area contributed by atoms with Gasteiger partial charge in [0, 0.05) is 39.1 Å². The van der Waals surface area contributed by atoms with E-state index in [0.29, 0.717) is 28.9 Å². The first-order valence-corrected chi connectivity index (χ1v) is 15.1. The molecular weight excluding hydrogens is 568 g/mol. The van der Waals surface area contributed by atoms with Crippen LogP contribution in [0.15, 0.2) is 154 Å². The summed E-state index contributed by atoms with van der Waals surface area (Å²) in [6.07, 6.45) is 0. The van der Waals surface area contributed by atoms with Gasteiger partial charge in [0.2, 0.25) is 5.89 Å². The first-order valence-electron chi connectivity index (χ1n) is 15.1. The molecule has 216 valence electrons. The van der Waals surface area contributed by atoms with Crippen molar-refractivity contribution in [3.8, 4) is 56.7 Å². The predicted molar refractivity (Wildman–Crippen MR) is 182 cm³/mol. The van der Waals surface area contributed by atoms with Crippen LogP contribution < -0.4 is 0 Å². The molecule has 0 unspecified atom stereocenters. The van der Waals surface area contributed by atoms with Crippen LogP contribution in [0.2, 0.25) is 0 Å². The van der Waals surface area contributed by atoms with Gasteiger partial charge in [-0.05, 0) is 35.4 Å². The number of rotatable bonds is 5. The number of furan rings is 1. The summed E-state index contributed by atoms with van der Waals surface area (Å²) in [4.78, 5) is 19.6. The van der Waals surface area contributed by atoms with Crippen molar-refractivity contribution in [2.24, 2.45) is 0 Å². The Morgan fingerprint density at radius 1 is 0.370 bits per heavy atom. The maximum Gasteiger partial charge on any atom is 0.227 e. The van der Waals surface area contributed by atoms with Gasteiger partial charge in [0.05, 0.1) is 0 Å². The van der Waals surface area contributed by atoms with Crippen LogP contribution in [0.4, 0.5) is 0 Å². The molecule has 0 N–H and O–H groups in total. The fourth-order valence-corrected chi connectivity index (χ4v) is 5.92. The molecule has 3 heterocycles. The molecule has 0 aliphatic rings. The molecule has 0 atom stereocenters. The van der Waals surface area contributed by atoms with E-state index in [4.69, 9.17) is 28.8 Å². The van der Waals surface area contributed by atoms with E-state index in [0.717, 1.165) is 55.3 Å². The summed E-state index contributed by atoms with van der Waals surface area (Å²) in [6, 6.07) is 48.4. The van der Waals surface area contributed by atoms with Gasteiger partial charge >= 0.3 is 0 Å². The lowest BCUT2D eigenvalue weighted by molar-refractivity contribution is 0.620. The molecule has 9 rings (SSSR count). The zero-order valence-corrected chi connectivity index (χ0v) is 24.5. The highest BCUT2D eigenvalue weighted by Gasteiger charge is 2.19. The van der Waals surface area contributed by atoms with Gasteiger partial charge in [-0.2, -0.15) is 0 Å². The minimum atomic E-state index is 0.560. The molecule has 0 aliphatic heterocycles. The average molecular weight is 593 g/mol. The monoisotopic (exact) mass is 592 g/mol. The molecule has 6 nitrogen and oxygen atoms in total. The van der Waals surface area contributed by atoms with Crippen molar-refractivity contribution in [1.29, 1.82) is 0 Å². The summed E-state index contributed by atoms with van der Waals surface area (Å²) in [5, 5.41) is 1.82. The maximum absolute atomic E-state index is 6.38. The van der Waals surface area contributed by atoms with Crippen molar-refractivity contribution in [1.82, 2.24) is 19.9 Å². The summed E-state index contributed by atoms with van der Waals surface area (Å²) < 4.78 is 12.7. The largest absolute Gasteiger partial charge is 0.456 e. The molecule has 0 amide bonds. The molecule has 9 aromatic rings. The molecule has 0 saturated carbocycles. The zero-order chi connectivity index (χ0) is 30.5.